The molecule has 0 bridgehead atoms. The molecule has 3 N–H and O–H groups in total. The van der Waals surface area contributed by atoms with Crippen LogP contribution in [0.1, 0.15) is 24.2 Å². The zero-order valence-electron chi connectivity index (χ0n) is 11.8. The Bertz CT molecular complexity index is 674. The second kappa shape index (κ2) is 5.47. The molecule has 1 amide bonds. The molecule has 1 fully saturated rings. The molecule has 1 aromatic carbocycles. The van der Waals surface area contributed by atoms with Crippen LogP contribution in [-0.4, -0.2) is 23.6 Å². The highest BCUT2D eigenvalue weighted by atomic mass is 19.1. The molecule has 0 aromatic heterocycles. The first-order chi connectivity index (χ1) is 10.2. The molecule has 0 aliphatic carbocycles. The minimum absolute atomic E-state index is 0.0669. The van der Waals surface area contributed by atoms with Crippen molar-refractivity contribution >= 4 is 23.5 Å². The van der Waals surface area contributed by atoms with Gasteiger partial charge in [0, 0.05) is 25.6 Å². The summed E-state index contributed by atoms with van der Waals surface area (Å²) in [6, 6.07) is 3.39. The normalized spacial score (nSPS) is 16.6. The molecule has 0 unspecified atom stereocenters. The van der Waals surface area contributed by atoms with E-state index < -0.39 is 35.0 Å². The van der Waals surface area contributed by atoms with Gasteiger partial charge in [-0.15, -0.1) is 0 Å². The number of amides is 1. The third kappa shape index (κ3) is 3.22. The zero-order chi connectivity index (χ0) is 16.5. The topological polar surface area (TPSA) is 108 Å². The van der Waals surface area contributed by atoms with Gasteiger partial charge in [0.15, 0.2) is 5.57 Å². The Morgan fingerprint density at radius 1 is 1.27 bits per heavy atom. The molecule has 2 rings (SSSR count). The Morgan fingerprint density at radius 3 is 2.41 bits per heavy atom. The van der Waals surface area contributed by atoms with Crippen molar-refractivity contribution in [2.75, 3.05) is 5.32 Å². The lowest BCUT2D eigenvalue weighted by molar-refractivity contribution is -0.222. The van der Waals surface area contributed by atoms with Gasteiger partial charge in [0.1, 0.15) is 5.82 Å². The predicted octanol–water partition coefficient (Wildman–Crippen LogP) is 1.06. The van der Waals surface area contributed by atoms with Gasteiger partial charge in [0.2, 0.25) is 5.91 Å². The van der Waals surface area contributed by atoms with Crippen molar-refractivity contribution in [1.29, 1.82) is 0 Å². The summed E-state index contributed by atoms with van der Waals surface area (Å²) >= 11 is 0. The maximum Gasteiger partial charge on any atom is 0.350 e. The molecule has 0 saturated carbocycles. The molecule has 0 radical (unpaired) electrons. The van der Waals surface area contributed by atoms with Gasteiger partial charge in [-0.3, -0.25) is 4.79 Å². The largest absolute Gasteiger partial charge is 0.419 e. The van der Waals surface area contributed by atoms with Crippen LogP contribution < -0.4 is 11.1 Å². The Labute approximate surface area is 124 Å². The van der Waals surface area contributed by atoms with Crippen LogP contribution in [-0.2, 0) is 19.1 Å². The number of primary amides is 1. The molecule has 8 heteroatoms. The van der Waals surface area contributed by atoms with Gasteiger partial charge in [0.05, 0.1) is 5.69 Å². The summed E-state index contributed by atoms with van der Waals surface area (Å²) in [4.78, 5) is 34.5. The van der Waals surface area contributed by atoms with E-state index in [2.05, 4.69) is 5.32 Å². The predicted molar refractivity (Wildman–Crippen MR) is 72.9 cm³/mol. The second-order valence-corrected chi connectivity index (χ2v) is 4.94. The van der Waals surface area contributed by atoms with Crippen LogP contribution in [0.3, 0.4) is 0 Å². The van der Waals surface area contributed by atoms with E-state index >= 15 is 0 Å². The molecule has 1 aliphatic rings. The van der Waals surface area contributed by atoms with Crippen molar-refractivity contribution in [2.45, 2.75) is 19.6 Å². The summed E-state index contributed by atoms with van der Waals surface area (Å²) in [7, 11) is 0. The van der Waals surface area contributed by atoms with Gasteiger partial charge in [-0.1, -0.05) is 0 Å². The van der Waals surface area contributed by atoms with Crippen LogP contribution in [0, 0.1) is 5.82 Å². The van der Waals surface area contributed by atoms with Crippen molar-refractivity contribution in [1.82, 2.24) is 0 Å². The molecule has 22 heavy (non-hydrogen) atoms. The van der Waals surface area contributed by atoms with E-state index in [-0.39, 0.29) is 11.3 Å². The van der Waals surface area contributed by atoms with Crippen molar-refractivity contribution in [3.05, 3.63) is 41.4 Å². The first-order valence-corrected chi connectivity index (χ1v) is 6.22. The highest BCUT2D eigenvalue weighted by Crippen LogP contribution is 2.23. The summed E-state index contributed by atoms with van der Waals surface area (Å²) < 4.78 is 23.4. The molecular weight excluding hydrogens is 295 g/mol. The van der Waals surface area contributed by atoms with Crippen LogP contribution in [0.15, 0.2) is 30.0 Å². The summed E-state index contributed by atoms with van der Waals surface area (Å²) in [5.74, 6) is -4.60. The number of ether oxygens (including phenoxy) is 2. The van der Waals surface area contributed by atoms with E-state index in [0.29, 0.717) is 0 Å². The molecule has 0 spiro atoms. The maximum absolute atomic E-state index is 13.6. The van der Waals surface area contributed by atoms with Crippen molar-refractivity contribution in [2.24, 2.45) is 5.73 Å². The number of hydrogen-bond donors (Lipinski definition) is 2. The molecule has 1 aliphatic heterocycles. The number of nitrogens with two attached hydrogens (primary N) is 1. The number of carbonyl (C=O) groups is 3. The lowest BCUT2D eigenvalue weighted by Gasteiger charge is -2.29. The minimum Gasteiger partial charge on any atom is -0.419 e. The lowest BCUT2D eigenvalue weighted by Crippen LogP contribution is -2.42. The van der Waals surface area contributed by atoms with Gasteiger partial charge in [-0.05, 0) is 18.2 Å². The third-order valence-corrected chi connectivity index (χ3v) is 2.74. The monoisotopic (exact) mass is 308 g/mol. The first-order valence-electron chi connectivity index (χ1n) is 6.22. The highest BCUT2D eigenvalue weighted by molar-refractivity contribution is 6.15. The standard InChI is InChI=1S/C14H13FN2O5/c1-14(2)21-12(19)8(13(20)22-14)6-17-10-5-7(11(16)18)3-4-9(10)15/h3-6,17H,1-2H3,(H2,16,18). The highest BCUT2D eigenvalue weighted by Gasteiger charge is 2.38. The van der Waals surface area contributed by atoms with Gasteiger partial charge in [-0.25, -0.2) is 14.0 Å². The SMILES string of the molecule is CC1(C)OC(=O)C(=CNc2cc(C(N)=O)ccc2F)C(=O)O1. The average molecular weight is 308 g/mol. The molecular formula is C14H13FN2O5. The van der Waals surface area contributed by atoms with Crippen molar-refractivity contribution in [3.63, 3.8) is 0 Å². The van der Waals surface area contributed by atoms with E-state index in [1.54, 1.807) is 0 Å². The smallest absolute Gasteiger partial charge is 0.350 e. The van der Waals surface area contributed by atoms with Crippen LogP contribution in [0.4, 0.5) is 10.1 Å². The quantitative estimate of drug-likeness (QED) is 0.491. The van der Waals surface area contributed by atoms with Gasteiger partial charge < -0.3 is 20.5 Å². The fourth-order valence-electron chi connectivity index (χ4n) is 1.72. The molecule has 0 atom stereocenters. The zero-order valence-corrected chi connectivity index (χ0v) is 11.8. The summed E-state index contributed by atoms with van der Waals surface area (Å²) in [5.41, 5.74) is 4.60. The van der Waals surface area contributed by atoms with Crippen LogP contribution in [0.2, 0.25) is 0 Å². The second-order valence-electron chi connectivity index (χ2n) is 4.94. The number of cyclic esters (lactones) is 2. The maximum atomic E-state index is 13.6. The van der Waals surface area contributed by atoms with Crippen LogP contribution >= 0.6 is 0 Å². The summed E-state index contributed by atoms with van der Waals surface area (Å²) in [5, 5.41) is 2.42. The number of rotatable bonds is 3. The minimum atomic E-state index is -1.36. The third-order valence-electron chi connectivity index (χ3n) is 2.74. The van der Waals surface area contributed by atoms with Crippen molar-refractivity contribution < 1.29 is 28.2 Å². The Balaban J connectivity index is 2.25. The van der Waals surface area contributed by atoms with Crippen LogP contribution in [0.5, 0.6) is 0 Å². The number of halogens is 1. The van der Waals surface area contributed by atoms with E-state index in [9.17, 15) is 18.8 Å². The number of anilines is 1. The molecule has 1 heterocycles. The number of benzene rings is 1. The summed E-state index contributed by atoms with van der Waals surface area (Å²) in [6.45, 7) is 2.81. The number of carbonyl (C=O) groups excluding carboxylic acids is 3. The fraction of sp³-hybridized carbons (Fsp3) is 0.214. The van der Waals surface area contributed by atoms with E-state index in [4.69, 9.17) is 15.2 Å². The van der Waals surface area contributed by atoms with E-state index in [1.807, 2.05) is 0 Å². The van der Waals surface area contributed by atoms with E-state index in [0.717, 1.165) is 18.3 Å². The fourth-order valence-corrected chi connectivity index (χ4v) is 1.72. The van der Waals surface area contributed by atoms with Gasteiger partial charge in [-0.2, -0.15) is 0 Å². The number of nitrogens with one attached hydrogen (secondary N) is 1. The average Bonchev–Trinajstić information content (AvgIpc) is 2.38. The number of esters is 2. The van der Waals surface area contributed by atoms with Crippen LogP contribution in [0.25, 0.3) is 0 Å². The molecule has 116 valence electrons. The Kier molecular flexibility index (Phi) is 3.85. The van der Waals surface area contributed by atoms with E-state index in [1.165, 1.54) is 19.9 Å². The summed E-state index contributed by atoms with van der Waals surface area (Å²) in [6.07, 6.45) is 0.948. The lowest BCUT2D eigenvalue weighted by atomic mass is 10.2. The van der Waals surface area contributed by atoms with Gasteiger partial charge >= 0.3 is 11.9 Å². The van der Waals surface area contributed by atoms with Gasteiger partial charge in [0.25, 0.3) is 5.79 Å². The first kappa shape index (κ1) is 15.5. The van der Waals surface area contributed by atoms with Crippen molar-refractivity contribution in [3.8, 4) is 0 Å². The Morgan fingerprint density at radius 2 is 1.86 bits per heavy atom. The molecule has 1 saturated heterocycles. The number of hydrogen-bond acceptors (Lipinski definition) is 6. The molecule has 1 aromatic rings. The Hall–Kier alpha value is -2.90. The molecule has 7 nitrogen and oxygen atoms in total.